The fourth-order valence-corrected chi connectivity index (χ4v) is 3.05. The summed E-state index contributed by atoms with van der Waals surface area (Å²) in [7, 11) is 0. The lowest BCUT2D eigenvalue weighted by Crippen LogP contribution is -2.15. The van der Waals surface area contributed by atoms with Gasteiger partial charge in [-0.25, -0.2) is 9.37 Å². The summed E-state index contributed by atoms with van der Waals surface area (Å²) in [6, 6.07) is 12.1. The van der Waals surface area contributed by atoms with Crippen LogP contribution in [0.15, 0.2) is 52.1 Å². The van der Waals surface area contributed by atoms with Crippen molar-refractivity contribution in [3.63, 3.8) is 0 Å². The number of carbonyl (C=O) groups is 1. The number of thioether (sulfide) groups is 1. The fraction of sp³-hybridized carbons (Fsp3) is 0.167. The van der Waals surface area contributed by atoms with Gasteiger partial charge in [-0.05, 0) is 37.3 Å². The SMILES string of the molecule is Cc1ccc(OCc2nc(SCC(=O)Nc3ccc(Br)cc3F)n[nH]2)cc1. The first-order valence-corrected chi connectivity index (χ1v) is 9.76. The Hall–Kier alpha value is -2.39. The Kier molecular flexibility index (Phi) is 6.46. The van der Waals surface area contributed by atoms with Gasteiger partial charge in [-0.15, -0.1) is 5.10 Å². The third-order valence-corrected chi connectivity index (χ3v) is 4.79. The number of benzene rings is 2. The lowest BCUT2D eigenvalue weighted by atomic mass is 10.2. The topological polar surface area (TPSA) is 79.9 Å². The largest absolute Gasteiger partial charge is 0.486 e. The predicted octanol–water partition coefficient (Wildman–Crippen LogP) is 4.32. The monoisotopic (exact) mass is 450 g/mol. The van der Waals surface area contributed by atoms with Gasteiger partial charge < -0.3 is 10.1 Å². The number of aryl methyl sites for hydroxylation is 1. The number of H-pyrrole nitrogens is 1. The van der Waals surface area contributed by atoms with Crippen LogP contribution in [-0.4, -0.2) is 26.8 Å². The molecule has 0 unspecified atom stereocenters. The first kappa shape index (κ1) is 19.4. The van der Waals surface area contributed by atoms with Gasteiger partial charge in [0.25, 0.3) is 0 Å². The molecule has 0 fully saturated rings. The van der Waals surface area contributed by atoms with Crippen LogP contribution in [-0.2, 0) is 11.4 Å². The molecule has 3 aromatic rings. The molecule has 140 valence electrons. The van der Waals surface area contributed by atoms with Crippen molar-refractivity contribution < 1.29 is 13.9 Å². The molecule has 0 aliphatic carbocycles. The number of rotatable bonds is 7. The Labute approximate surface area is 168 Å². The van der Waals surface area contributed by atoms with Crippen LogP contribution in [0.25, 0.3) is 0 Å². The molecule has 0 radical (unpaired) electrons. The van der Waals surface area contributed by atoms with E-state index in [-0.39, 0.29) is 24.0 Å². The van der Waals surface area contributed by atoms with Crippen molar-refractivity contribution in [2.24, 2.45) is 0 Å². The molecule has 9 heteroatoms. The van der Waals surface area contributed by atoms with E-state index in [0.717, 1.165) is 23.1 Å². The van der Waals surface area contributed by atoms with Gasteiger partial charge in [-0.1, -0.05) is 45.4 Å². The normalized spacial score (nSPS) is 10.6. The maximum atomic E-state index is 13.7. The quantitative estimate of drug-likeness (QED) is 0.523. The van der Waals surface area contributed by atoms with E-state index in [4.69, 9.17) is 4.74 Å². The third-order valence-electron chi connectivity index (χ3n) is 3.45. The van der Waals surface area contributed by atoms with Crippen molar-refractivity contribution in [1.82, 2.24) is 15.2 Å². The number of amides is 1. The highest BCUT2D eigenvalue weighted by atomic mass is 79.9. The van der Waals surface area contributed by atoms with Crippen molar-refractivity contribution in [2.75, 3.05) is 11.1 Å². The second-order valence-corrected chi connectivity index (χ2v) is 7.49. The average molecular weight is 451 g/mol. The summed E-state index contributed by atoms with van der Waals surface area (Å²) in [6.45, 7) is 2.25. The standard InChI is InChI=1S/C18H16BrFN4O2S/c1-11-2-5-13(6-3-11)26-9-16-22-18(24-23-16)27-10-17(25)21-15-7-4-12(19)8-14(15)20/h2-8H,9-10H2,1H3,(H,21,25)(H,22,23,24). The molecule has 0 aliphatic rings. The van der Waals surface area contributed by atoms with E-state index in [0.29, 0.717) is 15.5 Å². The summed E-state index contributed by atoms with van der Waals surface area (Å²) in [5.41, 5.74) is 1.29. The molecule has 2 N–H and O–H groups in total. The van der Waals surface area contributed by atoms with E-state index >= 15 is 0 Å². The number of hydrogen-bond acceptors (Lipinski definition) is 5. The summed E-state index contributed by atoms with van der Waals surface area (Å²) in [5.74, 6) is 0.505. The predicted molar refractivity (Wildman–Crippen MR) is 105 cm³/mol. The van der Waals surface area contributed by atoms with Crippen molar-refractivity contribution in [3.05, 3.63) is 64.1 Å². The van der Waals surface area contributed by atoms with Crippen molar-refractivity contribution in [3.8, 4) is 5.75 Å². The van der Waals surface area contributed by atoms with Crippen molar-refractivity contribution in [1.29, 1.82) is 0 Å². The van der Waals surface area contributed by atoms with E-state index in [1.807, 2.05) is 31.2 Å². The zero-order valence-corrected chi connectivity index (χ0v) is 16.7. The Morgan fingerprint density at radius 1 is 1.30 bits per heavy atom. The lowest BCUT2D eigenvalue weighted by molar-refractivity contribution is -0.113. The molecular formula is C18H16BrFN4O2S. The molecule has 1 aromatic heterocycles. The maximum Gasteiger partial charge on any atom is 0.234 e. The summed E-state index contributed by atoms with van der Waals surface area (Å²) in [6.07, 6.45) is 0. The van der Waals surface area contributed by atoms with Crippen LogP contribution in [0.2, 0.25) is 0 Å². The zero-order chi connectivity index (χ0) is 19.2. The van der Waals surface area contributed by atoms with Crippen LogP contribution < -0.4 is 10.1 Å². The van der Waals surface area contributed by atoms with Crippen molar-refractivity contribution >= 4 is 39.3 Å². The summed E-state index contributed by atoms with van der Waals surface area (Å²) in [4.78, 5) is 16.2. The van der Waals surface area contributed by atoms with Gasteiger partial charge >= 0.3 is 0 Å². The minimum absolute atomic E-state index is 0.0611. The van der Waals surface area contributed by atoms with Crippen LogP contribution in [0.3, 0.4) is 0 Å². The first-order valence-electron chi connectivity index (χ1n) is 7.98. The van der Waals surface area contributed by atoms with Gasteiger partial charge in [-0.2, -0.15) is 0 Å². The molecule has 0 bridgehead atoms. The average Bonchev–Trinajstić information content (AvgIpc) is 3.10. The number of anilines is 1. The number of aromatic nitrogens is 3. The van der Waals surface area contributed by atoms with Crippen LogP contribution in [0.4, 0.5) is 10.1 Å². The van der Waals surface area contributed by atoms with Gasteiger partial charge in [0.2, 0.25) is 11.1 Å². The highest BCUT2D eigenvalue weighted by Gasteiger charge is 2.11. The molecule has 27 heavy (non-hydrogen) atoms. The van der Waals surface area contributed by atoms with Gasteiger partial charge in [0.05, 0.1) is 11.4 Å². The lowest BCUT2D eigenvalue weighted by Gasteiger charge is -2.05. The summed E-state index contributed by atoms with van der Waals surface area (Å²) in [5, 5.41) is 9.75. The fourth-order valence-electron chi connectivity index (χ4n) is 2.10. The molecule has 6 nitrogen and oxygen atoms in total. The first-order chi connectivity index (χ1) is 13.0. The maximum absolute atomic E-state index is 13.7. The summed E-state index contributed by atoms with van der Waals surface area (Å²) >= 11 is 4.32. The Balaban J connectivity index is 1.47. The van der Waals surface area contributed by atoms with Crippen LogP contribution >= 0.6 is 27.7 Å². The van der Waals surface area contributed by atoms with Crippen LogP contribution in [0, 0.1) is 12.7 Å². The molecule has 3 rings (SSSR count). The number of ether oxygens (including phenoxy) is 1. The molecule has 2 aromatic carbocycles. The van der Waals surface area contributed by atoms with E-state index in [1.165, 1.54) is 12.1 Å². The highest BCUT2D eigenvalue weighted by molar-refractivity contribution is 9.10. The van der Waals surface area contributed by atoms with Gasteiger partial charge in [0.1, 0.15) is 18.2 Å². The third kappa shape index (κ3) is 5.80. The summed E-state index contributed by atoms with van der Waals surface area (Å²) < 4.78 is 20.0. The zero-order valence-electron chi connectivity index (χ0n) is 14.3. The van der Waals surface area contributed by atoms with Crippen molar-refractivity contribution in [2.45, 2.75) is 18.7 Å². The molecule has 0 spiro atoms. The molecule has 0 saturated carbocycles. The van der Waals surface area contributed by atoms with E-state index in [9.17, 15) is 9.18 Å². The van der Waals surface area contributed by atoms with Crippen LogP contribution in [0.5, 0.6) is 5.75 Å². The van der Waals surface area contributed by atoms with Gasteiger partial charge in [0, 0.05) is 4.47 Å². The Bertz CT molecular complexity index is 933. The number of nitrogens with one attached hydrogen (secondary N) is 2. The van der Waals surface area contributed by atoms with E-state index < -0.39 is 5.82 Å². The second-order valence-electron chi connectivity index (χ2n) is 5.63. The number of halogens is 2. The van der Waals surface area contributed by atoms with E-state index in [1.54, 1.807) is 6.07 Å². The molecule has 0 aliphatic heterocycles. The molecule has 0 saturated heterocycles. The molecule has 1 amide bonds. The minimum Gasteiger partial charge on any atom is -0.486 e. The molecular weight excluding hydrogens is 435 g/mol. The smallest absolute Gasteiger partial charge is 0.234 e. The molecule has 0 atom stereocenters. The van der Waals surface area contributed by atoms with Gasteiger partial charge in [0.15, 0.2) is 5.82 Å². The number of aromatic amines is 1. The number of nitrogens with zero attached hydrogens (tertiary/aromatic N) is 2. The second kappa shape index (κ2) is 9.01. The highest BCUT2D eigenvalue weighted by Crippen LogP contribution is 2.20. The minimum atomic E-state index is -0.504. The molecule has 1 heterocycles. The Morgan fingerprint density at radius 2 is 2.07 bits per heavy atom. The van der Waals surface area contributed by atoms with E-state index in [2.05, 4.69) is 36.4 Å². The number of hydrogen-bond donors (Lipinski definition) is 2. The van der Waals surface area contributed by atoms with Crippen LogP contribution in [0.1, 0.15) is 11.4 Å². The number of carbonyl (C=O) groups excluding carboxylic acids is 1. The van der Waals surface area contributed by atoms with Gasteiger partial charge in [-0.3, -0.25) is 9.89 Å². The Morgan fingerprint density at radius 3 is 2.81 bits per heavy atom.